The van der Waals surface area contributed by atoms with Crippen LogP contribution in [0.4, 0.5) is 5.69 Å². The van der Waals surface area contributed by atoms with Crippen molar-refractivity contribution in [1.82, 2.24) is 9.88 Å². The summed E-state index contributed by atoms with van der Waals surface area (Å²) in [6.45, 7) is 7.52. The molecule has 0 radical (unpaired) electrons. The molecule has 2 rings (SSSR count). The van der Waals surface area contributed by atoms with Gasteiger partial charge in [0.1, 0.15) is 5.69 Å². The van der Waals surface area contributed by atoms with Gasteiger partial charge in [0, 0.05) is 19.6 Å². The van der Waals surface area contributed by atoms with Crippen LogP contribution in [0.25, 0.3) is 0 Å². The van der Waals surface area contributed by atoms with Crippen molar-refractivity contribution in [2.75, 3.05) is 18.9 Å². The Morgan fingerprint density at radius 3 is 2.57 bits per heavy atom. The molecule has 0 aromatic carbocycles. The summed E-state index contributed by atoms with van der Waals surface area (Å²) in [5.41, 5.74) is 1.91. The van der Waals surface area contributed by atoms with Gasteiger partial charge in [-0.05, 0) is 50.2 Å². The lowest BCUT2D eigenvalue weighted by molar-refractivity contribution is 0.0629. The molecular formula is C17H27N3O. The van der Waals surface area contributed by atoms with Crippen LogP contribution in [0.15, 0.2) is 18.3 Å². The Balaban J connectivity index is 1.99. The summed E-state index contributed by atoms with van der Waals surface area (Å²) in [6.07, 6.45) is 6.27. The summed E-state index contributed by atoms with van der Waals surface area (Å²) >= 11 is 0. The van der Waals surface area contributed by atoms with E-state index in [4.69, 9.17) is 0 Å². The minimum Gasteiger partial charge on any atom is -0.384 e. The molecule has 0 unspecified atom stereocenters. The van der Waals surface area contributed by atoms with Gasteiger partial charge >= 0.3 is 0 Å². The zero-order valence-corrected chi connectivity index (χ0v) is 13.6. The van der Waals surface area contributed by atoms with Crippen LogP contribution in [0.1, 0.15) is 56.9 Å². The number of nitrogens with one attached hydrogen (secondary N) is 1. The molecule has 4 nitrogen and oxygen atoms in total. The third-order valence-corrected chi connectivity index (χ3v) is 4.54. The predicted octanol–water partition coefficient (Wildman–Crippen LogP) is 3.55. The summed E-state index contributed by atoms with van der Waals surface area (Å²) in [5.74, 6) is 0.0303. The smallest absolute Gasteiger partial charge is 0.272 e. The second-order valence-corrected chi connectivity index (χ2v) is 6.77. The molecule has 1 heterocycles. The molecular weight excluding hydrogens is 262 g/mol. The predicted molar refractivity (Wildman–Crippen MR) is 86.5 cm³/mol. The van der Waals surface area contributed by atoms with Crippen LogP contribution in [-0.2, 0) is 0 Å². The molecule has 1 N–H and O–H groups in total. The molecule has 0 spiro atoms. The summed E-state index contributed by atoms with van der Waals surface area (Å²) in [4.78, 5) is 18.7. The number of hydrogen-bond donors (Lipinski definition) is 1. The number of hydrogen-bond acceptors (Lipinski definition) is 3. The third kappa shape index (κ3) is 3.96. The van der Waals surface area contributed by atoms with E-state index in [0.29, 0.717) is 17.2 Å². The van der Waals surface area contributed by atoms with Crippen LogP contribution in [-0.4, -0.2) is 35.4 Å². The number of nitrogens with zero attached hydrogens (tertiary/aromatic N) is 2. The number of pyridine rings is 1. The van der Waals surface area contributed by atoms with Crippen LogP contribution in [0.3, 0.4) is 0 Å². The Morgan fingerprint density at radius 2 is 2.05 bits per heavy atom. The zero-order valence-electron chi connectivity index (χ0n) is 13.6. The van der Waals surface area contributed by atoms with Crippen LogP contribution >= 0.6 is 0 Å². The molecule has 0 saturated heterocycles. The highest BCUT2D eigenvalue weighted by Crippen LogP contribution is 2.36. The van der Waals surface area contributed by atoms with E-state index in [0.717, 1.165) is 25.1 Å². The second-order valence-electron chi connectivity index (χ2n) is 6.77. The van der Waals surface area contributed by atoms with E-state index in [1.165, 1.54) is 12.8 Å². The first kappa shape index (κ1) is 15.8. The van der Waals surface area contributed by atoms with Gasteiger partial charge in [0.2, 0.25) is 0 Å². The Hall–Kier alpha value is -1.58. The lowest BCUT2D eigenvalue weighted by Gasteiger charge is -2.38. The number of aromatic nitrogens is 1. The Bertz CT molecular complexity index is 471. The van der Waals surface area contributed by atoms with Crippen molar-refractivity contribution in [3.8, 4) is 0 Å². The monoisotopic (exact) mass is 289 g/mol. The Kier molecular flexibility index (Phi) is 4.86. The van der Waals surface area contributed by atoms with Crippen LogP contribution < -0.4 is 5.32 Å². The summed E-state index contributed by atoms with van der Waals surface area (Å²) < 4.78 is 0. The highest BCUT2D eigenvalue weighted by Gasteiger charge is 2.31. The van der Waals surface area contributed by atoms with E-state index < -0.39 is 0 Å². The minimum atomic E-state index is 0.0303. The molecule has 116 valence electrons. The molecule has 1 saturated carbocycles. The van der Waals surface area contributed by atoms with Crippen molar-refractivity contribution in [2.24, 2.45) is 5.41 Å². The summed E-state index contributed by atoms with van der Waals surface area (Å²) in [6, 6.07) is 4.08. The van der Waals surface area contributed by atoms with Gasteiger partial charge < -0.3 is 10.2 Å². The first-order valence-corrected chi connectivity index (χ1v) is 7.90. The fraction of sp³-hybridized carbons (Fsp3) is 0.647. The fourth-order valence-corrected chi connectivity index (χ4v) is 2.95. The highest BCUT2D eigenvalue weighted by molar-refractivity contribution is 5.92. The van der Waals surface area contributed by atoms with Gasteiger partial charge in [-0.2, -0.15) is 0 Å². The molecule has 21 heavy (non-hydrogen) atoms. The first-order valence-electron chi connectivity index (χ1n) is 7.90. The van der Waals surface area contributed by atoms with Crippen molar-refractivity contribution in [2.45, 2.75) is 52.5 Å². The maximum atomic E-state index is 12.5. The number of carbonyl (C=O) groups is 1. The van der Waals surface area contributed by atoms with Gasteiger partial charge in [0.15, 0.2) is 0 Å². The Morgan fingerprint density at radius 1 is 1.38 bits per heavy atom. The van der Waals surface area contributed by atoms with Crippen molar-refractivity contribution >= 4 is 11.6 Å². The molecule has 0 atom stereocenters. The fourth-order valence-electron chi connectivity index (χ4n) is 2.95. The van der Waals surface area contributed by atoms with E-state index >= 15 is 0 Å². The van der Waals surface area contributed by atoms with E-state index in [9.17, 15) is 4.79 Å². The van der Waals surface area contributed by atoms with E-state index in [1.807, 2.05) is 31.0 Å². The number of carbonyl (C=O) groups excluding carboxylic acids is 1. The molecule has 0 aliphatic heterocycles. The number of anilines is 1. The molecule has 1 fully saturated rings. The molecule has 1 aliphatic carbocycles. The number of rotatable bonds is 4. The van der Waals surface area contributed by atoms with Gasteiger partial charge in [-0.3, -0.25) is 4.79 Å². The lowest BCUT2D eigenvalue weighted by atomic mass is 9.75. The maximum absolute atomic E-state index is 12.5. The normalized spacial score (nSPS) is 18.3. The second kappa shape index (κ2) is 6.46. The summed E-state index contributed by atoms with van der Waals surface area (Å²) in [5, 5.41) is 3.19. The number of amides is 1. The van der Waals surface area contributed by atoms with Gasteiger partial charge in [0.25, 0.3) is 5.91 Å². The average molecular weight is 289 g/mol. The SMILES string of the molecule is CCNc1ccc(C(=O)N(C)C2CCC(C)(C)CC2)nc1. The van der Waals surface area contributed by atoms with E-state index in [-0.39, 0.29) is 5.91 Å². The van der Waals surface area contributed by atoms with Gasteiger partial charge in [0.05, 0.1) is 11.9 Å². The van der Waals surface area contributed by atoms with E-state index in [2.05, 4.69) is 24.1 Å². The average Bonchev–Trinajstić information content (AvgIpc) is 2.47. The van der Waals surface area contributed by atoms with Gasteiger partial charge in [-0.1, -0.05) is 13.8 Å². The van der Waals surface area contributed by atoms with Crippen LogP contribution in [0.5, 0.6) is 0 Å². The maximum Gasteiger partial charge on any atom is 0.272 e. The molecule has 1 aliphatic rings. The minimum absolute atomic E-state index is 0.0303. The van der Waals surface area contributed by atoms with Gasteiger partial charge in [-0.15, -0.1) is 0 Å². The van der Waals surface area contributed by atoms with Crippen molar-refractivity contribution in [3.63, 3.8) is 0 Å². The lowest BCUT2D eigenvalue weighted by Crippen LogP contribution is -2.41. The van der Waals surface area contributed by atoms with Crippen molar-refractivity contribution in [3.05, 3.63) is 24.0 Å². The first-order chi connectivity index (χ1) is 9.93. The zero-order chi connectivity index (χ0) is 15.5. The van der Waals surface area contributed by atoms with Crippen LogP contribution in [0.2, 0.25) is 0 Å². The molecule has 4 heteroatoms. The quantitative estimate of drug-likeness (QED) is 0.922. The van der Waals surface area contributed by atoms with Crippen LogP contribution in [0, 0.1) is 5.41 Å². The largest absolute Gasteiger partial charge is 0.384 e. The summed E-state index contributed by atoms with van der Waals surface area (Å²) in [7, 11) is 1.91. The standard InChI is InChI=1S/C17H27N3O/c1-5-18-13-6-7-15(19-12-13)16(21)20(4)14-8-10-17(2,3)11-9-14/h6-7,12,14,18H,5,8-11H2,1-4H3. The van der Waals surface area contributed by atoms with E-state index in [1.54, 1.807) is 6.20 Å². The molecule has 0 bridgehead atoms. The molecule has 1 amide bonds. The highest BCUT2D eigenvalue weighted by atomic mass is 16.2. The molecule has 1 aromatic heterocycles. The Labute approximate surface area is 127 Å². The topological polar surface area (TPSA) is 45.2 Å². The third-order valence-electron chi connectivity index (χ3n) is 4.54. The molecule has 1 aromatic rings. The van der Waals surface area contributed by atoms with Gasteiger partial charge in [-0.25, -0.2) is 4.98 Å². The van der Waals surface area contributed by atoms with Crippen molar-refractivity contribution < 1.29 is 4.79 Å². The van der Waals surface area contributed by atoms with Crippen molar-refractivity contribution in [1.29, 1.82) is 0 Å².